The molecule has 1 rings (SSSR count). The van der Waals surface area contributed by atoms with Crippen LogP contribution in [0.3, 0.4) is 0 Å². The summed E-state index contributed by atoms with van der Waals surface area (Å²) in [6.07, 6.45) is -3.60. The third kappa shape index (κ3) is 2.90. The van der Waals surface area contributed by atoms with Crippen LogP contribution in [-0.2, 0) is 9.53 Å². The molecule has 0 amide bonds. The first-order chi connectivity index (χ1) is 6.04. The van der Waals surface area contributed by atoms with E-state index in [4.69, 9.17) is 0 Å². The van der Waals surface area contributed by atoms with Crippen LogP contribution in [0.1, 0.15) is 25.7 Å². The van der Waals surface area contributed by atoms with Gasteiger partial charge in [0.2, 0.25) is 0 Å². The maximum atomic E-state index is 12.2. The van der Waals surface area contributed by atoms with Crippen LogP contribution in [0.2, 0.25) is 0 Å². The van der Waals surface area contributed by atoms with E-state index in [9.17, 15) is 18.0 Å². The van der Waals surface area contributed by atoms with Gasteiger partial charge in [0, 0.05) is 0 Å². The van der Waals surface area contributed by atoms with Crippen molar-refractivity contribution in [1.29, 1.82) is 0 Å². The van der Waals surface area contributed by atoms with E-state index in [2.05, 4.69) is 4.74 Å². The largest absolute Gasteiger partial charge is 0.465 e. The molecule has 0 aliphatic heterocycles. The van der Waals surface area contributed by atoms with Crippen molar-refractivity contribution in [2.24, 2.45) is 5.92 Å². The monoisotopic (exact) mass is 196 g/mol. The van der Waals surface area contributed by atoms with Crippen molar-refractivity contribution in [2.75, 3.05) is 0 Å². The fourth-order valence-electron chi connectivity index (χ4n) is 1.64. The SMILES string of the molecule is O=COC1CCCC(C(F)(F)F)C1. The summed E-state index contributed by atoms with van der Waals surface area (Å²) in [6, 6.07) is 0. The number of ether oxygens (including phenoxy) is 1. The molecule has 1 fully saturated rings. The first-order valence-corrected chi connectivity index (χ1v) is 4.20. The van der Waals surface area contributed by atoms with Crippen molar-refractivity contribution in [2.45, 2.75) is 38.0 Å². The number of rotatable bonds is 2. The van der Waals surface area contributed by atoms with Crippen molar-refractivity contribution in [3.05, 3.63) is 0 Å². The molecule has 0 N–H and O–H groups in total. The molecule has 2 unspecified atom stereocenters. The Labute approximate surface area is 74.1 Å². The lowest BCUT2D eigenvalue weighted by Gasteiger charge is -2.29. The molecule has 1 aliphatic rings. The van der Waals surface area contributed by atoms with Gasteiger partial charge >= 0.3 is 6.18 Å². The van der Waals surface area contributed by atoms with E-state index in [0.29, 0.717) is 12.8 Å². The molecule has 0 radical (unpaired) electrons. The number of alkyl halides is 3. The molecule has 0 spiro atoms. The van der Waals surface area contributed by atoms with Crippen LogP contribution in [0.5, 0.6) is 0 Å². The molecule has 0 saturated heterocycles. The van der Waals surface area contributed by atoms with Gasteiger partial charge < -0.3 is 4.74 Å². The van der Waals surface area contributed by atoms with E-state index in [0.717, 1.165) is 0 Å². The van der Waals surface area contributed by atoms with E-state index in [1.165, 1.54) is 0 Å². The molecule has 0 aromatic rings. The maximum absolute atomic E-state index is 12.2. The summed E-state index contributed by atoms with van der Waals surface area (Å²) in [4.78, 5) is 9.93. The summed E-state index contributed by atoms with van der Waals surface area (Å²) in [5.41, 5.74) is 0. The van der Waals surface area contributed by atoms with Crippen molar-refractivity contribution in [1.82, 2.24) is 0 Å². The minimum absolute atomic E-state index is 0.0811. The first-order valence-electron chi connectivity index (χ1n) is 4.20. The third-order valence-electron chi connectivity index (χ3n) is 2.34. The lowest BCUT2D eigenvalue weighted by molar-refractivity contribution is -0.192. The quantitative estimate of drug-likeness (QED) is 0.633. The number of halogens is 3. The Hall–Kier alpha value is -0.740. The zero-order valence-electron chi connectivity index (χ0n) is 7.01. The standard InChI is InChI=1S/C8H11F3O2/c9-8(10,11)6-2-1-3-7(4-6)13-5-12/h5-7H,1-4H2. The van der Waals surface area contributed by atoms with Crippen molar-refractivity contribution in [3.8, 4) is 0 Å². The second-order valence-electron chi connectivity index (χ2n) is 3.26. The molecular weight excluding hydrogens is 185 g/mol. The summed E-state index contributed by atoms with van der Waals surface area (Å²) in [6.45, 7) is 0.226. The molecule has 1 saturated carbocycles. The van der Waals surface area contributed by atoms with Crippen molar-refractivity contribution in [3.63, 3.8) is 0 Å². The van der Waals surface area contributed by atoms with Crippen molar-refractivity contribution < 1.29 is 22.7 Å². The molecule has 76 valence electrons. The third-order valence-corrected chi connectivity index (χ3v) is 2.34. The smallest absolute Gasteiger partial charge is 0.391 e. The van der Waals surface area contributed by atoms with Crippen LogP contribution in [0, 0.1) is 5.92 Å². The van der Waals surface area contributed by atoms with E-state index in [1.807, 2.05) is 0 Å². The van der Waals surface area contributed by atoms with Crippen LogP contribution in [0.4, 0.5) is 13.2 Å². The zero-order chi connectivity index (χ0) is 9.90. The lowest BCUT2D eigenvalue weighted by atomic mass is 9.87. The van der Waals surface area contributed by atoms with Crippen LogP contribution in [0.25, 0.3) is 0 Å². The molecule has 1 aliphatic carbocycles. The van der Waals surface area contributed by atoms with E-state index in [1.54, 1.807) is 0 Å². The molecule has 0 aromatic carbocycles. The summed E-state index contributed by atoms with van der Waals surface area (Å²) in [5, 5.41) is 0. The van der Waals surface area contributed by atoms with Gasteiger partial charge in [0.15, 0.2) is 0 Å². The van der Waals surface area contributed by atoms with Gasteiger partial charge in [-0.1, -0.05) is 0 Å². The molecule has 13 heavy (non-hydrogen) atoms. The zero-order valence-corrected chi connectivity index (χ0v) is 7.01. The average molecular weight is 196 g/mol. The maximum Gasteiger partial charge on any atom is 0.391 e. The Balaban J connectivity index is 2.46. The minimum Gasteiger partial charge on any atom is -0.465 e. The van der Waals surface area contributed by atoms with Gasteiger partial charge in [-0.15, -0.1) is 0 Å². The Morgan fingerprint density at radius 1 is 1.31 bits per heavy atom. The van der Waals surface area contributed by atoms with Gasteiger partial charge in [0.25, 0.3) is 6.47 Å². The van der Waals surface area contributed by atoms with E-state index >= 15 is 0 Å². The Morgan fingerprint density at radius 3 is 2.54 bits per heavy atom. The number of carbonyl (C=O) groups excluding carboxylic acids is 1. The highest BCUT2D eigenvalue weighted by Gasteiger charge is 2.42. The highest BCUT2D eigenvalue weighted by Crippen LogP contribution is 2.38. The highest BCUT2D eigenvalue weighted by molar-refractivity contribution is 5.37. The highest BCUT2D eigenvalue weighted by atomic mass is 19.4. The molecule has 2 atom stereocenters. The predicted molar refractivity (Wildman–Crippen MR) is 39.0 cm³/mol. The normalized spacial score (nSPS) is 29.8. The van der Waals surface area contributed by atoms with Gasteiger partial charge in [0.05, 0.1) is 5.92 Å². The summed E-state index contributed by atoms with van der Waals surface area (Å²) in [7, 11) is 0. The fourth-order valence-corrected chi connectivity index (χ4v) is 1.64. The minimum atomic E-state index is -4.15. The second kappa shape index (κ2) is 3.98. The van der Waals surface area contributed by atoms with E-state index < -0.39 is 18.2 Å². The number of hydrogen-bond acceptors (Lipinski definition) is 2. The second-order valence-corrected chi connectivity index (χ2v) is 3.26. The summed E-state index contributed by atoms with van der Waals surface area (Å²) < 4.78 is 41.2. The van der Waals surface area contributed by atoms with Crippen LogP contribution < -0.4 is 0 Å². The van der Waals surface area contributed by atoms with Gasteiger partial charge in [-0.2, -0.15) is 13.2 Å². The van der Waals surface area contributed by atoms with E-state index in [-0.39, 0.29) is 19.3 Å². The fraction of sp³-hybridized carbons (Fsp3) is 0.875. The van der Waals surface area contributed by atoms with Crippen LogP contribution in [-0.4, -0.2) is 18.8 Å². The first kappa shape index (κ1) is 10.3. The molecule has 2 nitrogen and oxygen atoms in total. The predicted octanol–water partition coefficient (Wildman–Crippen LogP) is 2.28. The molecule has 5 heteroatoms. The topological polar surface area (TPSA) is 26.3 Å². The molecule has 0 bridgehead atoms. The van der Waals surface area contributed by atoms with Crippen LogP contribution in [0.15, 0.2) is 0 Å². The Morgan fingerprint density at radius 2 is 2.00 bits per heavy atom. The van der Waals surface area contributed by atoms with Gasteiger partial charge in [-0.05, 0) is 25.7 Å². The van der Waals surface area contributed by atoms with Crippen LogP contribution >= 0.6 is 0 Å². The molecule has 0 heterocycles. The summed E-state index contributed by atoms with van der Waals surface area (Å²) in [5.74, 6) is -1.30. The van der Waals surface area contributed by atoms with Gasteiger partial charge in [-0.3, -0.25) is 4.79 Å². The number of hydrogen-bond donors (Lipinski definition) is 0. The number of carbonyl (C=O) groups is 1. The van der Waals surface area contributed by atoms with Gasteiger partial charge in [-0.25, -0.2) is 0 Å². The molecular formula is C8H11F3O2. The van der Waals surface area contributed by atoms with Gasteiger partial charge in [0.1, 0.15) is 6.10 Å². The Bertz CT molecular complexity index is 179. The summed E-state index contributed by atoms with van der Waals surface area (Å²) >= 11 is 0. The van der Waals surface area contributed by atoms with Crippen molar-refractivity contribution >= 4 is 6.47 Å². The molecule has 0 aromatic heterocycles. The average Bonchev–Trinajstić information content (AvgIpc) is 2.04. The lowest BCUT2D eigenvalue weighted by Crippen LogP contribution is -2.32. The Kier molecular flexibility index (Phi) is 3.17.